The number of amides is 2. The molecule has 0 saturated carbocycles. The third-order valence-electron chi connectivity index (χ3n) is 3.11. The van der Waals surface area contributed by atoms with E-state index < -0.39 is 23.4 Å². The van der Waals surface area contributed by atoms with E-state index >= 15 is 0 Å². The number of carbonyl (C=O) groups excluding carboxylic acids is 2. The van der Waals surface area contributed by atoms with E-state index in [1.54, 1.807) is 67.0 Å². The lowest BCUT2D eigenvalue weighted by molar-refractivity contribution is 0.0363. The van der Waals surface area contributed by atoms with Gasteiger partial charge in [0.1, 0.15) is 17.0 Å². The summed E-state index contributed by atoms with van der Waals surface area (Å²) in [7, 11) is 1.58. The van der Waals surface area contributed by atoms with Crippen molar-refractivity contribution in [2.45, 2.75) is 59.3 Å². The molecule has 0 atom stereocenters. The molecule has 0 radical (unpaired) electrons. The summed E-state index contributed by atoms with van der Waals surface area (Å²) in [6.07, 6.45) is 0.370. The quantitative estimate of drug-likeness (QED) is 0.510. The highest BCUT2D eigenvalue weighted by Gasteiger charge is 2.27. The Morgan fingerprint density at radius 2 is 1.54 bits per heavy atom. The van der Waals surface area contributed by atoms with Gasteiger partial charge in [0.15, 0.2) is 5.17 Å². The fourth-order valence-corrected chi connectivity index (χ4v) is 2.55. The molecule has 2 amide bonds. The summed E-state index contributed by atoms with van der Waals surface area (Å²) >= 11 is 1.16. The third kappa shape index (κ3) is 8.65. The summed E-state index contributed by atoms with van der Waals surface area (Å²) in [5.74, 6) is 0.708. The number of methoxy groups -OCH3 is 1. The maximum absolute atomic E-state index is 12.8. The molecule has 0 aliphatic rings. The van der Waals surface area contributed by atoms with E-state index in [-0.39, 0.29) is 11.7 Å². The smallest absolute Gasteiger partial charge is 0.436 e. The van der Waals surface area contributed by atoms with E-state index in [0.717, 1.165) is 17.3 Å². The predicted octanol–water partition coefficient (Wildman–Crippen LogP) is 5.09. The minimum Gasteiger partial charge on any atom is -0.497 e. The van der Waals surface area contributed by atoms with Crippen molar-refractivity contribution in [1.82, 2.24) is 4.90 Å². The van der Waals surface area contributed by atoms with E-state index in [4.69, 9.17) is 14.2 Å². The molecule has 0 N–H and O–H groups in total. The molecule has 1 aromatic rings. The highest BCUT2D eigenvalue weighted by molar-refractivity contribution is 8.13. The predicted molar refractivity (Wildman–Crippen MR) is 112 cm³/mol. The van der Waals surface area contributed by atoms with Crippen molar-refractivity contribution >= 4 is 29.1 Å². The average Bonchev–Trinajstić information content (AvgIpc) is 2.55. The van der Waals surface area contributed by atoms with Crippen LogP contribution in [0, 0.1) is 0 Å². The van der Waals surface area contributed by atoms with Crippen LogP contribution in [0.15, 0.2) is 29.3 Å². The molecule has 7 nitrogen and oxygen atoms in total. The van der Waals surface area contributed by atoms with Gasteiger partial charge in [0, 0.05) is 0 Å². The monoisotopic (exact) mass is 410 g/mol. The minimum absolute atomic E-state index is 0.182. The van der Waals surface area contributed by atoms with Gasteiger partial charge in [-0.2, -0.15) is 4.99 Å². The molecule has 0 heterocycles. The normalized spacial score (nSPS) is 12.4. The Bertz CT molecular complexity index is 703. The first-order valence-corrected chi connectivity index (χ1v) is 10.1. The number of carbonyl (C=O) groups is 2. The molecule has 0 aromatic heterocycles. The van der Waals surface area contributed by atoms with Gasteiger partial charge in [0.2, 0.25) is 0 Å². The molecule has 0 unspecified atom stereocenters. The topological polar surface area (TPSA) is 77.4 Å². The van der Waals surface area contributed by atoms with Crippen LogP contribution in [-0.4, -0.2) is 46.8 Å². The number of amidine groups is 1. The summed E-state index contributed by atoms with van der Waals surface area (Å²) in [5.41, 5.74) is -0.542. The number of hydrogen-bond acceptors (Lipinski definition) is 6. The zero-order valence-corrected chi connectivity index (χ0v) is 18.7. The number of benzene rings is 1. The van der Waals surface area contributed by atoms with Crippen LogP contribution in [0.2, 0.25) is 0 Å². The summed E-state index contributed by atoms with van der Waals surface area (Å²) < 4.78 is 15.9. The maximum Gasteiger partial charge on any atom is 0.436 e. The zero-order valence-electron chi connectivity index (χ0n) is 17.9. The van der Waals surface area contributed by atoms with E-state index in [1.165, 1.54) is 4.90 Å². The second kappa shape index (κ2) is 9.82. The SMILES string of the molecule is COc1ccc(CN(C(=O)OC(C)(C)C)C(=NC(=O)OC(C)(C)C)SC)cc1. The van der Waals surface area contributed by atoms with Crippen LogP contribution in [0.5, 0.6) is 5.75 Å². The van der Waals surface area contributed by atoms with Crippen molar-refractivity contribution in [1.29, 1.82) is 0 Å². The molecule has 1 rings (SSSR count). The molecule has 156 valence electrons. The molecule has 0 bridgehead atoms. The van der Waals surface area contributed by atoms with Gasteiger partial charge in [-0.25, -0.2) is 9.59 Å². The number of nitrogens with zero attached hydrogens (tertiary/aromatic N) is 2. The Balaban J connectivity index is 3.18. The Morgan fingerprint density at radius 3 is 1.96 bits per heavy atom. The molecule has 0 fully saturated rings. The van der Waals surface area contributed by atoms with Gasteiger partial charge in [-0.3, -0.25) is 4.90 Å². The second-order valence-corrected chi connectivity index (χ2v) is 8.77. The van der Waals surface area contributed by atoms with Crippen molar-refractivity contribution in [3.8, 4) is 5.75 Å². The summed E-state index contributed by atoms with van der Waals surface area (Å²) in [5, 5.41) is 0.194. The standard InChI is InChI=1S/C20H30N2O5S/c1-19(2,3)26-17(23)21-16(28-8)22(18(24)27-20(4,5)6)13-14-9-11-15(25-7)12-10-14/h9-12H,13H2,1-8H3. The third-order valence-corrected chi connectivity index (χ3v) is 3.78. The van der Waals surface area contributed by atoms with Crippen molar-refractivity contribution in [3.05, 3.63) is 29.8 Å². The lowest BCUT2D eigenvalue weighted by atomic mass is 10.2. The van der Waals surface area contributed by atoms with E-state index in [9.17, 15) is 9.59 Å². The van der Waals surface area contributed by atoms with Crippen molar-refractivity contribution in [3.63, 3.8) is 0 Å². The van der Waals surface area contributed by atoms with E-state index in [1.807, 2.05) is 12.1 Å². The minimum atomic E-state index is -0.764. The largest absolute Gasteiger partial charge is 0.497 e. The highest BCUT2D eigenvalue weighted by atomic mass is 32.2. The van der Waals surface area contributed by atoms with Gasteiger partial charge >= 0.3 is 12.2 Å². The first-order chi connectivity index (χ1) is 12.8. The van der Waals surface area contributed by atoms with Gasteiger partial charge < -0.3 is 14.2 Å². The number of thioether (sulfide) groups is 1. The van der Waals surface area contributed by atoms with Crippen LogP contribution >= 0.6 is 11.8 Å². The van der Waals surface area contributed by atoms with Gasteiger partial charge in [-0.15, -0.1) is 0 Å². The molecular formula is C20H30N2O5S. The molecule has 0 saturated heterocycles. The van der Waals surface area contributed by atoms with Crippen LogP contribution in [0.4, 0.5) is 9.59 Å². The van der Waals surface area contributed by atoms with Gasteiger partial charge in [0.25, 0.3) is 0 Å². The summed E-state index contributed by atoms with van der Waals surface area (Å²) in [4.78, 5) is 30.2. The van der Waals surface area contributed by atoms with Crippen molar-refractivity contribution < 1.29 is 23.8 Å². The first-order valence-electron chi connectivity index (χ1n) is 8.84. The van der Waals surface area contributed by atoms with Crippen LogP contribution in [-0.2, 0) is 16.0 Å². The Hall–Kier alpha value is -2.22. The number of hydrogen-bond donors (Lipinski definition) is 0. The zero-order chi connectivity index (χ0) is 21.5. The van der Waals surface area contributed by atoms with Crippen LogP contribution in [0.1, 0.15) is 47.1 Å². The summed E-state index contributed by atoms with van der Waals surface area (Å²) in [6.45, 7) is 10.8. The maximum atomic E-state index is 12.8. The number of aliphatic imine (C=N–C) groups is 1. The molecule has 0 aliphatic heterocycles. The van der Waals surface area contributed by atoms with Gasteiger partial charge in [-0.05, 0) is 65.5 Å². The Kier molecular flexibility index (Phi) is 8.35. The van der Waals surface area contributed by atoms with Crippen LogP contribution in [0.25, 0.3) is 0 Å². The lowest BCUT2D eigenvalue weighted by Gasteiger charge is -2.27. The number of ether oxygens (including phenoxy) is 3. The molecule has 1 aromatic carbocycles. The Labute approximate surface area is 171 Å². The highest BCUT2D eigenvalue weighted by Crippen LogP contribution is 2.19. The van der Waals surface area contributed by atoms with E-state index in [2.05, 4.69) is 4.99 Å². The lowest BCUT2D eigenvalue weighted by Crippen LogP contribution is -2.39. The first kappa shape index (κ1) is 23.8. The fourth-order valence-electron chi connectivity index (χ4n) is 2.02. The van der Waals surface area contributed by atoms with Crippen molar-refractivity contribution in [2.24, 2.45) is 4.99 Å². The number of rotatable bonds is 3. The molecule has 28 heavy (non-hydrogen) atoms. The Morgan fingerprint density at radius 1 is 1.00 bits per heavy atom. The fraction of sp³-hybridized carbons (Fsp3) is 0.550. The van der Waals surface area contributed by atoms with Gasteiger partial charge in [0.05, 0.1) is 13.7 Å². The van der Waals surface area contributed by atoms with E-state index in [0.29, 0.717) is 5.75 Å². The molecule has 8 heteroatoms. The summed E-state index contributed by atoms with van der Waals surface area (Å²) in [6, 6.07) is 7.27. The molecule has 0 aliphatic carbocycles. The van der Waals surface area contributed by atoms with Gasteiger partial charge in [-0.1, -0.05) is 23.9 Å². The van der Waals surface area contributed by atoms with Crippen LogP contribution in [0.3, 0.4) is 0 Å². The molecular weight excluding hydrogens is 380 g/mol. The average molecular weight is 411 g/mol. The molecule has 0 spiro atoms. The van der Waals surface area contributed by atoms with Crippen molar-refractivity contribution in [2.75, 3.05) is 13.4 Å². The second-order valence-electron chi connectivity index (χ2n) is 7.99. The van der Waals surface area contributed by atoms with Crippen LogP contribution < -0.4 is 4.74 Å².